The maximum absolute atomic E-state index is 12.2. The van der Waals surface area contributed by atoms with Gasteiger partial charge in [0.2, 0.25) is 0 Å². The summed E-state index contributed by atoms with van der Waals surface area (Å²) in [6.45, 7) is 4.00. The molecule has 1 aliphatic heterocycles. The molecule has 3 heterocycles. The molecule has 0 fully saturated rings. The number of hydrogen-bond donors (Lipinski definition) is 1. The highest BCUT2D eigenvalue weighted by Gasteiger charge is 2.25. The lowest BCUT2D eigenvalue weighted by atomic mass is 9.96. The fourth-order valence-electron chi connectivity index (χ4n) is 3.88. The number of benzene rings is 2. The molecule has 5 rings (SSSR count). The molecule has 148 valence electrons. The summed E-state index contributed by atoms with van der Waals surface area (Å²) in [6.07, 6.45) is 3.50. The number of fused-ring (bicyclic) bond motifs is 2. The summed E-state index contributed by atoms with van der Waals surface area (Å²) in [6, 6.07) is 17.6. The van der Waals surface area contributed by atoms with Gasteiger partial charge in [0.15, 0.2) is 0 Å². The van der Waals surface area contributed by atoms with Gasteiger partial charge in [0.1, 0.15) is 5.75 Å². The molecule has 30 heavy (non-hydrogen) atoms. The standard InChI is InChI=1S/C24H20N4O2/c1-14(2)30-16-9-7-15(8-10-16)22-18-11-12-28-23(18)21(19(13-26-28)24(25)29)17-5-3-4-6-20(17)27-22/h3-14H,1-2H3,(H2,25,29). The minimum atomic E-state index is -0.513. The third kappa shape index (κ3) is 2.85. The summed E-state index contributed by atoms with van der Waals surface area (Å²) < 4.78 is 7.54. The van der Waals surface area contributed by atoms with Crippen molar-refractivity contribution < 1.29 is 9.53 Å². The van der Waals surface area contributed by atoms with Gasteiger partial charge in [-0.1, -0.05) is 18.2 Å². The van der Waals surface area contributed by atoms with Gasteiger partial charge in [-0.05, 0) is 50.2 Å². The predicted octanol–water partition coefficient (Wildman–Crippen LogP) is 4.37. The highest BCUT2D eigenvalue weighted by Crippen LogP contribution is 2.40. The van der Waals surface area contributed by atoms with Gasteiger partial charge in [0, 0.05) is 28.5 Å². The third-order valence-electron chi connectivity index (χ3n) is 5.11. The van der Waals surface area contributed by atoms with Gasteiger partial charge >= 0.3 is 0 Å². The topological polar surface area (TPSA) is 82.0 Å². The Labute approximate surface area is 173 Å². The van der Waals surface area contributed by atoms with Crippen molar-refractivity contribution in [3.63, 3.8) is 0 Å². The maximum atomic E-state index is 12.2. The average molecular weight is 396 g/mol. The molecule has 6 heteroatoms. The lowest BCUT2D eigenvalue weighted by molar-refractivity contribution is 0.100. The largest absolute Gasteiger partial charge is 0.491 e. The van der Waals surface area contributed by atoms with E-state index in [1.807, 2.05) is 74.6 Å². The molecule has 0 aliphatic carbocycles. The zero-order chi connectivity index (χ0) is 20.8. The van der Waals surface area contributed by atoms with Crippen molar-refractivity contribution in [2.45, 2.75) is 20.0 Å². The third-order valence-corrected chi connectivity index (χ3v) is 5.11. The lowest BCUT2D eigenvalue weighted by Gasteiger charge is -2.11. The van der Waals surface area contributed by atoms with Crippen LogP contribution in [0.1, 0.15) is 35.3 Å². The van der Waals surface area contributed by atoms with Gasteiger partial charge in [0.05, 0.1) is 34.8 Å². The van der Waals surface area contributed by atoms with E-state index in [0.29, 0.717) is 5.56 Å². The number of aromatic nitrogens is 2. The fourth-order valence-corrected chi connectivity index (χ4v) is 3.88. The second-order valence-electron chi connectivity index (χ2n) is 7.49. The molecule has 0 spiro atoms. The Bertz CT molecular complexity index is 1320. The highest BCUT2D eigenvalue weighted by atomic mass is 16.5. The molecule has 2 aromatic heterocycles. The molecule has 1 amide bonds. The SMILES string of the molecule is CC(C)Oc1ccc(C2=Nc3ccccc3-c3c(C(N)=O)cnn4ccc2c34)cc1. The van der Waals surface area contributed by atoms with Crippen molar-refractivity contribution in [1.82, 2.24) is 9.61 Å². The van der Waals surface area contributed by atoms with Crippen molar-refractivity contribution in [2.75, 3.05) is 0 Å². The molecule has 0 atom stereocenters. The van der Waals surface area contributed by atoms with Crippen LogP contribution >= 0.6 is 0 Å². The summed E-state index contributed by atoms with van der Waals surface area (Å²) in [5.74, 6) is 0.295. The molecular formula is C24H20N4O2. The first-order valence-corrected chi connectivity index (χ1v) is 9.78. The predicted molar refractivity (Wildman–Crippen MR) is 117 cm³/mol. The Morgan fingerprint density at radius 2 is 1.80 bits per heavy atom. The summed E-state index contributed by atoms with van der Waals surface area (Å²) in [4.78, 5) is 17.2. The van der Waals surface area contributed by atoms with Crippen LogP contribution in [0.25, 0.3) is 16.6 Å². The summed E-state index contributed by atoms with van der Waals surface area (Å²) in [7, 11) is 0. The minimum Gasteiger partial charge on any atom is -0.491 e. The van der Waals surface area contributed by atoms with Crippen LogP contribution in [-0.2, 0) is 0 Å². The number of amides is 1. The maximum Gasteiger partial charge on any atom is 0.251 e. The van der Waals surface area contributed by atoms with Crippen molar-refractivity contribution in [3.8, 4) is 16.9 Å². The highest BCUT2D eigenvalue weighted by molar-refractivity contribution is 6.22. The van der Waals surface area contributed by atoms with Crippen molar-refractivity contribution in [2.24, 2.45) is 10.7 Å². The van der Waals surface area contributed by atoms with E-state index < -0.39 is 5.91 Å². The number of ether oxygens (including phenoxy) is 1. The molecule has 0 radical (unpaired) electrons. The molecule has 4 aromatic rings. The van der Waals surface area contributed by atoms with E-state index in [4.69, 9.17) is 15.5 Å². The molecule has 0 unspecified atom stereocenters. The van der Waals surface area contributed by atoms with Gasteiger partial charge < -0.3 is 10.5 Å². The van der Waals surface area contributed by atoms with Crippen molar-refractivity contribution in [3.05, 3.63) is 83.7 Å². The van der Waals surface area contributed by atoms with E-state index in [1.165, 1.54) is 6.20 Å². The Morgan fingerprint density at radius 3 is 2.53 bits per heavy atom. The molecule has 0 saturated heterocycles. The number of nitrogens with two attached hydrogens (primary N) is 1. The Morgan fingerprint density at radius 1 is 1.03 bits per heavy atom. The van der Waals surface area contributed by atoms with Gasteiger partial charge in [-0.15, -0.1) is 0 Å². The first-order chi connectivity index (χ1) is 14.5. The first-order valence-electron chi connectivity index (χ1n) is 9.78. The molecule has 6 nitrogen and oxygen atoms in total. The number of aliphatic imine (C=N–C) groups is 1. The molecule has 2 N–H and O–H groups in total. The molecule has 2 aromatic carbocycles. The Kier molecular flexibility index (Phi) is 4.13. The number of primary amides is 1. The van der Waals surface area contributed by atoms with E-state index in [1.54, 1.807) is 4.52 Å². The van der Waals surface area contributed by atoms with Crippen LogP contribution in [0.4, 0.5) is 5.69 Å². The first kappa shape index (κ1) is 18.1. The van der Waals surface area contributed by atoms with Crippen molar-refractivity contribution in [1.29, 1.82) is 0 Å². The lowest BCUT2D eigenvalue weighted by Crippen LogP contribution is -2.14. The van der Waals surface area contributed by atoms with E-state index in [9.17, 15) is 4.79 Å². The quantitative estimate of drug-likeness (QED) is 0.490. The number of para-hydroxylation sites is 1. The van der Waals surface area contributed by atoms with Gasteiger partial charge in [-0.3, -0.25) is 4.79 Å². The number of hydrogen-bond acceptors (Lipinski definition) is 4. The zero-order valence-corrected chi connectivity index (χ0v) is 16.7. The smallest absolute Gasteiger partial charge is 0.251 e. The van der Waals surface area contributed by atoms with E-state index in [0.717, 1.165) is 44.9 Å². The van der Waals surface area contributed by atoms with Gasteiger partial charge in [-0.25, -0.2) is 9.51 Å². The number of carbonyl (C=O) groups is 1. The fraction of sp³-hybridized carbons (Fsp3) is 0.125. The van der Waals surface area contributed by atoms with Crippen LogP contribution in [0.3, 0.4) is 0 Å². The van der Waals surface area contributed by atoms with Crippen LogP contribution in [0.15, 0.2) is 72.0 Å². The second-order valence-corrected chi connectivity index (χ2v) is 7.49. The summed E-state index contributed by atoms with van der Waals surface area (Å²) in [5, 5.41) is 4.40. The zero-order valence-electron chi connectivity index (χ0n) is 16.7. The van der Waals surface area contributed by atoms with E-state index >= 15 is 0 Å². The van der Waals surface area contributed by atoms with Crippen molar-refractivity contribution >= 4 is 22.8 Å². The van der Waals surface area contributed by atoms with Crippen LogP contribution in [0.5, 0.6) is 5.75 Å². The monoisotopic (exact) mass is 396 g/mol. The Balaban J connectivity index is 1.79. The molecule has 0 saturated carbocycles. The summed E-state index contributed by atoms with van der Waals surface area (Å²) >= 11 is 0. The van der Waals surface area contributed by atoms with Crippen LogP contribution in [-0.4, -0.2) is 27.3 Å². The minimum absolute atomic E-state index is 0.106. The molecular weight excluding hydrogens is 376 g/mol. The summed E-state index contributed by atoms with van der Waals surface area (Å²) in [5.41, 5.74) is 11.9. The van der Waals surface area contributed by atoms with Crippen LogP contribution in [0.2, 0.25) is 0 Å². The normalized spacial score (nSPS) is 12.4. The Hall–Kier alpha value is -3.93. The van der Waals surface area contributed by atoms with Crippen LogP contribution in [0, 0.1) is 0 Å². The van der Waals surface area contributed by atoms with E-state index in [-0.39, 0.29) is 6.10 Å². The molecule has 1 aliphatic rings. The van der Waals surface area contributed by atoms with Crippen LogP contribution < -0.4 is 10.5 Å². The second kappa shape index (κ2) is 6.84. The number of nitrogens with zero attached hydrogens (tertiary/aromatic N) is 3. The van der Waals surface area contributed by atoms with Gasteiger partial charge in [0.25, 0.3) is 5.91 Å². The molecule has 0 bridgehead atoms. The van der Waals surface area contributed by atoms with E-state index in [2.05, 4.69) is 5.10 Å². The van der Waals surface area contributed by atoms with Gasteiger partial charge in [-0.2, -0.15) is 5.10 Å². The number of carbonyl (C=O) groups excluding carboxylic acids is 1. The average Bonchev–Trinajstić information content (AvgIpc) is 3.09. The number of rotatable bonds is 4.